The molecule has 0 saturated heterocycles. The molecule has 104 valence electrons. The van der Waals surface area contributed by atoms with E-state index in [0.717, 1.165) is 0 Å². The second kappa shape index (κ2) is 5.90. The zero-order valence-electron chi connectivity index (χ0n) is 10.2. The number of nitrogens with one attached hydrogen (secondary N) is 1. The Morgan fingerprint density at radius 3 is 2.56 bits per heavy atom. The molecule has 0 fully saturated rings. The van der Waals surface area contributed by atoms with Gasteiger partial charge in [-0.3, -0.25) is 16.0 Å². The minimum atomic E-state index is -4.27. The maximum Gasteiger partial charge on any atom is 0.390 e. The molecule has 0 aliphatic rings. The van der Waals surface area contributed by atoms with Crippen molar-refractivity contribution in [1.82, 2.24) is 15.2 Å². The van der Waals surface area contributed by atoms with Crippen molar-refractivity contribution >= 4 is 11.6 Å². The Hall–Kier alpha value is -0.790. The number of hydrogen-bond acceptors (Lipinski definition) is 3. The van der Waals surface area contributed by atoms with E-state index in [0.29, 0.717) is 23.0 Å². The van der Waals surface area contributed by atoms with Crippen molar-refractivity contribution in [2.24, 2.45) is 5.84 Å². The number of rotatable bonds is 5. The highest BCUT2D eigenvalue weighted by atomic mass is 35.5. The summed E-state index contributed by atoms with van der Waals surface area (Å²) in [4.78, 5) is 0. The minimum absolute atomic E-state index is 0.0868. The molecule has 4 nitrogen and oxygen atoms in total. The average molecular weight is 285 g/mol. The monoisotopic (exact) mass is 284 g/mol. The third-order valence-electron chi connectivity index (χ3n) is 2.61. The van der Waals surface area contributed by atoms with Crippen LogP contribution in [0.2, 0.25) is 5.02 Å². The lowest BCUT2D eigenvalue weighted by Gasteiger charge is -2.18. The predicted molar refractivity (Wildman–Crippen MR) is 63.1 cm³/mol. The minimum Gasteiger partial charge on any atom is -0.271 e. The molecule has 0 aliphatic heterocycles. The first-order valence-electron chi connectivity index (χ1n) is 5.53. The van der Waals surface area contributed by atoms with Crippen LogP contribution in [0.4, 0.5) is 13.2 Å². The summed E-state index contributed by atoms with van der Waals surface area (Å²) in [6.07, 6.45) is -5.19. The lowest BCUT2D eigenvalue weighted by molar-refractivity contribution is -0.140. The summed E-state index contributed by atoms with van der Waals surface area (Å²) in [6, 6.07) is -0.913. The van der Waals surface area contributed by atoms with Crippen LogP contribution in [-0.4, -0.2) is 22.0 Å². The molecule has 1 aromatic rings. The van der Waals surface area contributed by atoms with E-state index in [4.69, 9.17) is 17.4 Å². The molecular weight excluding hydrogens is 269 g/mol. The van der Waals surface area contributed by atoms with Gasteiger partial charge in [0, 0.05) is 19.0 Å². The zero-order chi connectivity index (χ0) is 13.9. The van der Waals surface area contributed by atoms with Crippen molar-refractivity contribution < 1.29 is 13.2 Å². The molecule has 0 radical (unpaired) electrons. The summed E-state index contributed by atoms with van der Waals surface area (Å²) in [5, 5.41) is 4.55. The quantitative estimate of drug-likeness (QED) is 0.644. The standard InChI is InChI=1S/C10H16ClF3N4/c1-3-18-8(9(11)6(2)17-18)4-7(16-15)5-10(12,13)14/h7,16H,3-5,15H2,1-2H3. The fourth-order valence-corrected chi connectivity index (χ4v) is 1.98. The van der Waals surface area contributed by atoms with Crippen LogP contribution in [0.3, 0.4) is 0 Å². The summed E-state index contributed by atoms with van der Waals surface area (Å²) >= 11 is 6.03. The largest absolute Gasteiger partial charge is 0.390 e. The highest BCUT2D eigenvalue weighted by molar-refractivity contribution is 6.31. The van der Waals surface area contributed by atoms with E-state index in [1.807, 2.05) is 6.92 Å². The fourth-order valence-electron chi connectivity index (χ4n) is 1.77. The smallest absolute Gasteiger partial charge is 0.271 e. The van der Waals surface area contributed by atoms with Crippen molar-refractivity contribution in [3.05, 3.63) is 16.4 Å². The van der Waals surface area contributed by atoms with Crippen LogP contribution in [0.1, 0.15) is 24.7 Å². The molecule has 0 aromatic carbocycles. The molecule has 1 heterocycles. The van der Waals surface area contributed by atoms with E-state index < -0.39 is 18.6 Å². The lowest BCUT2D eigenvalue weighted by atomic mass is 10.1. The molecule has 0 bridgehead atoms. The second-order valence-electron chi connectivity index (χ2n) is 4.05. The Bertz CT molecular complexity index is 403. The van der Waals surface area contributed by atoms with Gasteiger partial charge in [0.1, 0.15) is 0 Å². The zero-order valence-corrected chi connectivity index (χ0v) is 10.9. The molecule has 0 amide bonds. The summed E-state index contributed by atoms with van der Waals surface area (Å²) < 4.78 is 38.6. The number of nitrogens with zero attached hydrogens (tertiary/aromatic N) is 2. The maximum absolute atomic E-state index is 12.3. The van der Waals surface area contributed by atoms with E-state index in [-0.39, 0.29) is 6.42 Å². The van der Waals surface area contributed by atoms with Gasteiger partial charge in [0.05, 0.1) is 22.8 Å². The van der Waals surface area contributed by atoms with E-state index in [1.165, 1.54) is 0 Å². The summed E-state index contributed by atoms with van der Waals surface area (Å²) in [6.45, 7) is 4.11. The van der Waals surface area contributed by atoms with E-state index in [1.54, 1.807) is 11.6 Å². The van der Waals surface area contributed by atoms with E-state index in [9.17, 15) is 13.2 Å². The molecule has 18 heavy (non-hydrogen) atoms. The van der Waals surface area contributed by atoms with Gasteiger partial charge in [0.25, 0.3) is 0 Å². The van der Waals surface area contributed by atoms with Gasteiger partial charge in [-0.15, -0.1) is 0 Å². The normalized spacial score (nSPS) is 13.9. The number of hydrogen-bond donors (Lipinski definition) is 2. The van der Waals surface area contributed by atoms with Gasteiger partial charge < -0.3 is 0 Å². The predicted octanol–water partition coefficient (Wildman–Crippen LogP) is 2.19. The van der Waals surface area contributed by atoms with Gasteiger partial charge in [0.15, 0.2) is 0 Å². The Morgan fingerprint density at radius 2 is 2.11 bits per heavy atom. The molecular formula is C10H16ClF3N4. The van der Waals surface area contributed by atoms with Gasteiger partial charge >= 0.3 is 6.18 Å². The fraction of sp³-hybridized carbons (Fsp3) is 0.700. The molecule has 1 rings (SSSR count). The van der Waals surface area contributed by atoms with Gasteiger partial charge in [-0.1, -0.05) is 11.6 Å². The van der Waals surface area contributed by atoms with Crippen LogP contribution in [-0.2, 0) is 13.0 Å². The second-order valence-corrected chi connectivity index (χ2v) is 4.43. The van der Waals surface area contributed by atoms with Crippen LogP contribution in [0, 0.1) is 6.92 Å². The van der Waals surface area contributed by atoms with Crippen molar-refractivity contribution in [3.8, 4) is 0 Å². The lowest BCUT2D eigenvalue weighted by Crippen LogP contribution is -2.40. The molecule has 1 unspecified atom stereocenters. The summed E-state index contributed by atoms with van der Waals surface area (Å²) in [5.74, 6) is 5.15. The Morgan fingerprint density at radius 1 is 1.50 bits per heavy atom. The number of halogens is 4. The number of nitrogens with two attached hydrogens (primary N) is 1. The highest BCUT2D eigenvalue weighted by Gasteiger charge is 2.32. The van der Waals surface area contributed by atoms with Crippen molar-refractivity contribution in [2.75, 3.05) is 0 Å². The molecule has 1 atom stereocenters. The molecule has 0 spiro atoms. The number of aryl methyl sites for hydroxylation is 2. The third-order valence-corrected chi connectivity index (χ3v) is 3.10. The SMILES string of the molecule is CCn1nc(C)c(Cl)c1CC(CC(F)(F)F)NN. The van der Waals surface area contributed by atoms with Gasteiger partial charge in [-0.2, -0.15) is 18.3 Å². The Balaban J connectivity index is 2.88. The van der Waals surface area contributed by atoms with Crippen LogP contribution >= 0.6 is 11.6 Å². The molecule has 0 saturated carbocycles. The Kier molecular flexibility index (Phi) is 5.01. The molecule has 1 aromatic heterocycles. The first kappa shape index (κ1) is 15.3. The van der Waals surface area contributed by atoms with Crippen LogP contribution < -0.4 is 11.3 Å². The number of aromatic nitrogens is 2. The molecule has 3 N–H and O–H groups in total. The van der Waals surface area contributed by atoms with Crippen LogP contribution in [0.15, 0.2) is 0 Å². The highest BCUT2D eigenvalue weighted by Crippen LogP contribution is 2.26. The van der Waals surface area contributed by atoms with Gasteiger partial charge in [-0.05, 0) is 13.8 Å². The van der Waals surface area contributed by atoms with Crippen LogP contribution in [0.25, 0.3) is 0 Å². The topological polar surface area (TPSA) is 55.9 Å². The van der Waals surface area contributed by atoms with E-state index >= 15 is 0 Å². The first-order chi connectivity index (χ1) is 8.28. The van der Waals surface area contributed by atoms with E-state index in [2.05, 4.69) is 10.5 Å². The number of hydrazine groups is 1. The molecule has 0 aliphatic carbocycles. The van der Waals surface area contributed by atoms with Crippen LogP contribution in [0.5, 0.6) is 0 Å². The van der Waals surface area contributed by atoms with Crippen molar-refractivity contribution in [1.29, 1.82) is 0 Å². The van der Waals surface area contributed by atoms with Crippen molar-refractivity contribution in [2.45, 2.75) is 45.5 Å². The van der Waals surface area contributed by atoms with Crippen molar-refractivity contribution in [3.63, 3.8) is 0 Å². The average Bonchev–Trinajstić information content (AvgIpc) is 2.53. The van der Waals surface area contributed by atoms with Gasteiger partial charge in [-0.25, -0.2) is 0 Å². The summed E-state index contributed by atoms with van der Waals surface area (Å²) in [7, 11) is 0. The summed E-state index contributed by atoms with van der Waals surface area (Å²) in [5.41, 5.74) is 3.36. The first-order valence-corrected chi connectivity index (χ1v) is 5.91. The van der Waals surface area contributed by atoms with Gasteiger partial charge in [0.2, 0.25) is 0 Å². The maximum atomic E-state index is 12.3. The molecule has 8 heteroatoms. The number of alkyl halides is 3. The third kappa shape index (κ3) is 3.86. The Labute approximate surface area is 108 Å².